The third kappa shape index (κ3) is 1.14. The van der Waals surface area contributed by atoms with Gasteiger partial charge in [-0.2, -0.15) is 4.98 Å². The third-order valence-corrected chi connectivity index (χ3v) is 1.47. The minimum Gasteiger partial charge on any atom is -0.351 e. The van der Waals surface area contributed by atoms with Gasteiger partial charge in [-0.05, 0) is 0 Å². The maximum absolute atomic E-state index is 5.28. The molecule has 0 aliphatic heterocycles. The van der Waals surface area contributed by atoms with E-state index in [2.05, 4.69) is 14.7 Å². The monoisotopic (exact) mass is 161 g/mol. The molecule has 2 rings (SSSR count). The van der Waals surface area contributed by atoms with Crippen molar-refractivity contribution in [3.8, 4) is 11.4 Å². The van der Waals surface area contributed by atoms with Gasteiger partial charge in [0.05, 0.1) is 0 Å². The number of hydrogen-bond acceptors (Lipinski definition) is 4. The molecule has 1 aromatic carbocycles. The van der Waals surface area contributed by atoms with Gasteiger partial charge in [-0.3, -0.25) is 0 Å². The van der Waals surface area contributed by atoms with E-state index >= 15 is 0 Å². The fourth-order valence-electron chi connectivity index (χ4n) is 0.940. The number of nitrogens with zero attached hydrogens (tertiary/aromatic N) is 2. The summed E-state index contributed by atoms with van der Waals surface area (Å²) in [7, 11) is 0. The predicted molar refractivity (Wildman–Crippen MR) is 44.1 cm³/mol. The second-order valence-electron chi connectivity index (χ2n) is 2.32. The fraction of sp³-hybridized carbons (Fsp3) is 0. The molecule has 0 atom stereocenters. The molecular weight excluding hydrogens is 154 g/mol. The normalized spacial score (nSPS) is 10.0. The summed E-state index contributed by atoms with van der Waals surface area (Å²) in [5.74, 6) is 0.521. The van der Waals surface area contributed by atoms with Crippen LogP contribution in [0.3, 0.4) is 0 Å². The first-order valence-corrected chi connectivity index (χ1v) is 3.51. The van der Waals surface area contributed by atoms with Crippen LogP contribution in [-0.2, 0) is 0 Å². The zero-order valence-electron chi connectivity index (χ0n) is 6.27. The Morgan fingerprint density at radius 1 is 1.17 bits per heavy atom. The number of aromatic nitrogens is 2. The fourth-order valence-corrected chi connectivity index (χ4v) is 0.940. The summed E-state index contributed by atoms with van der Waals surface area (Å²) in [6.07, 6.45) is 0. The Morgan fingerprint density at radius 2 is 1.92 bits per heavy atom. The first-order chi connectivity index (χ1) is 5.86. The van der Waals surface area contributed by atoms with Crippen molar-refractivity contribution in [2.24, 2.45) is 0 Å². The molecule has 0 aliphatic carbocycles. The Balaban J connectivity index is 2.45. The van der Waals surface area contributed by atoms with Crippen LogP contribution in [0.15, 0.2) is 34.9 Å². The molecule has 60 valence electrons. The van der Waals surface area contributed by atoms with E-state index in [1.54, 1.807) is 0 Å². The molecule has 2 aromatic rings. The smallest absolute Gasteiger partial charge is 0.319 e. The van der Waals surface area contributed by atoms with E-state index in [-0.39, 0.29) is 6.01 Å². The summed E-state index contributed by atoms with van der Waals surface area (Å²) < 4.78 is 4.64. The molecule has 0 saturated carbocycles. The van der Waals surface area contributed by atoms with Crippen molar-refractivity contribution in [1.82, 2.24) is 10.1 Å². The van der Waals surface area contributed by atoms with E-state index in [9.17, 15) is 0 Å². The minimum atomic E-state index is 0.0915. The molecule has 0 unspecified atom stereocenters. The third-order valence-electron chi connectivity index (χ3n) is 1.47. The first kappa shape index (κ1) is 6.84. The number of benzene rings is 1. The van der Waals surface area contributed by atoms with Gasteiger partial charge in [-0.25, -0.2) is 0 Å². The summed E-state index contributed by atoms with van der Waals surface area (Å²) >= 11 is 0. The Morgan fingerprint density at radius 3 is 2.50 bits per heavy atom. The van der Waals surface area contributed by atoms with Crippen LogP contribution in [0.5, 0.6) is 0 Å². The van der Waals surface area contributed by atoms with Crippen LogP contribution in [0.25, 0.3) is 11.4 Å². The van der Waals surface area contributed by atoms with Gasteiger partial charge in [0, 0.05) is 5.56 Å². The average molecular weight is 161 g/mol. The summed E-state index contributed by atoms with van der Waals surface area (Å²) in [6.45, 7) is 0. The molecule has 0 amide bonds. The Bertz CT molecular complexity index is 369. The molecule has 1 aromatic heterocycles. The summed E-state index contributed by atoms with van der Waals surface area (Å²) in [5, 5.41) is 3.67. The van der Waals surface area contributed by atoms with E-state index in [1.165, 1.54) is 0 Å². The maximum atomic E-state index is 5.28. The topological polar surface area (TPSA) is 64.9 Å². The zero-order chi connectivity index (χ0) is 8.39. The lowest BCUT2D eigenvalue weighted by atomic mass is 10.2. The van der Waals surface area contributed by atoms with Crippen LogP contribution in [-0.4, -0.2) is 10.1 Å². The molecule has 2 N–H and O–H groups in total. The molecule has 0 bridgehead atoms. The van der Waals surface area contributed by atoms with Gasteiger partial charge in [0.1, 0.15) is 0 Å². The highest BCUT2D eigenvalue weighted by Gasteiger charge is 2.03. The molecule has 0 spiro atoms. The molecule has 0 radical (unpaired) electrons. The van der Waals surface area contributed by atoms with Crippen LogP contribution in [0, 0.1) is 0 Å². The van der Waals surface area contributed by atoms with Crippen molar-refractivity contribution in [2.75, 3.05) is 5.73 Å². The lowest BCUT2D eigenvalue weighted by molar-refractivity contribution is 0.437. The van der Waals surface area contributed by atoms with Crippen LogP contribution in [0.4, 0.5) is 6.01 Å². The molecular formula is C8H7N3O. The van der Waals surface area contributed by atoms with Gasteiger partial charge in [0.15, 0.2) is 0 Å². The second-order valence-corrected chi connectivity index (χ2v) is 2.32. The van der Waals surface area contributed by atoms with Crippen LogP contribution in [0.1, 0.15) is 0 Å². The Hall–Kier alpha value is -1.84. The zero-order valence-corrected chi connectivity index (χ0v) is 6.27. The molecule has 0 saturated heterocycles. The lowest BCUT2D eigenvalue weighted by Crippen LogP contribution is -1.83. The number of nitrogen functional groups attached to an aromatic ring is 1. The molecule has 4 heteroatoms. The SMILES string of the molecule is Nc1nc(-c2ccccc2)no1. The van der Waals surface area contributed by atoms with Gasteiger partial charge in [0.25, 0.3) is 0 Å². The summed E-state index contributed by atoms with van der Waals surface area (Å²) in [6, 6.07) is 9.61. The predicted octanol–water partition coefficient (Wildman–Crippen LogP) is 1.32. The number of nitrogens with two attached hydrogens (primary N) is 1. The minimum absolute atomic E-state index is 0.0915. The lowest BCUT2D eigenvalue weighted by Gasteiger charge is -1.89. The second kappa shape index (κ2) is 2.65. The van der Waals surface area contributed by atoms with Crippen molar-refractivity contribution in [3.63, 3.8) is 0 Å². The highest BCUT2D eigenvalue weighted by Crippen LogP contribution is 2.14. The van der Waals surface area contributed by atoms with Crippen molar-refractivity contribution < 1.29 is 4.52 Å². The van der Waals surface area contributed by atoms with Crippen molar-refractivity contribution in [2.45, 2.75) is 0 Å². The quantitative estimate of drug-likeness (QED) is 0.685. The van der Waals surface area contributed by atoms with Crippen molar-refractivity contribution in [3.05, 3.63) is 30.3 Å². The standard InChI is InChI=1S/C8H7N3O/c9-8-10-7(11-12-8)6-4-2-1-3-5-6/h1-5H,(H2,9,10,11). The Labute approximate surface area is 69.0 Å². The Kier molecular flexibility index (Phi) is 1.51. The van der Waals surface area contributed by atoms with E-state index in [1.807, 2.05) is 30.3 Å². The largest absolute Gasteiger partial charge is 0.351 e. The van der Waals surface area contributed by atoms with Gasteiger partial charge < -0.3 is 10.3 Å². The number of rotatable bonds is 1. The molecule has 1 heterocycles. The highest BCUT2D eigenvalue weighted by molar-refractivity contribution is 5.54. The molecule has 0 fully saturated rings. The van der Waals surface area contributed by atoms with Crippen LogP contribution in [0.2, 0.25) is 0 Å². The van der Waals surface area contributed by atoms with E-state index in [4.69, 9.17) is 5.73 Å². The van der Waals surface area contributed by atoms with E-state index in [0.717, 1.165) is 5.56 Å². The van der Waals surface area contributed by atoms with Gasteiger partial charge >= 0.3 is 6.01 Å². The van der Waals surface area contributed by atoms with Gasteiger partial charge in [-0.15, -0.1) is 0 Å². The van der Waals surface area contributed by atoms with Crippen LogP contribution >= 0.6 is 0 Å². The molecule has 4 nitrogen and oxygen atoms in total. The maximum Gasteiger partial charge on any atom is 0.319 e. The van der Waals surface area contributed by atoms with Gasteiger partial charge in [0.2, 0.25) is 5.82 Å². The van der Waals surface area contributed by atoms with Crippen molar-refractivity contribution >= 4 is 6.01 Å². The average Bonchev–Trinajstić information content (AvgIpc) is 2.54. The van der Waals surface area contributed by atoms with Crippen molar-refractivity contribution in [1.29, 1.82) is 0 Å². The first-order valence-electron chi connectivity index (χ1n) is 3.51. The van der Waals surface area contributed by atoms with E-state index in [0.29, 0.717) is 5.82 Å². The van der Waals surface area contributed by atoms with Crippen LogP contribution < -0.4 is 5.73 Å². The summed E-state index contributed by atoms with van der Waals surface area (Å²) in [5.41, 5.74) is 6.18. The van der Waals surface area contributed by atoms with E-state index < -0.39 is 0 Å². The highest BCUT2D eigenvalue weighted by atomic mass is 16.5. The molecule has 12 heavy (non-hydrogen) atoms. The van der Waals surface area contributed by atoms with Gasteiger partial charge in [-0.1, -0.05) is 35.5 Å². The molecule has 0 aliphatic rings. The number of anilines is 1. The number of hydrogen-bond donors (Lipinski definition) is 1. The summed E-state index contributed by atoms with van der Waals surface area (Å²) in [4.78, 5) is 3.88.